The summed E-state index contributed by atoms with van der Waals surface area (Å²) < 4.78 is 11.6. The number of nitriles is 2. The maximum absolute atomic E-state index is 8.92. The number of nitrogens with zero attached hydrogens (tertiary/aromatic N) is 4. The summed E-state index contributed by atoms with van der Waals surface area (Å²) in [6.45, 7) is 1.90. The SMILES string of the molecule is Cc1c(Oc2ccnc(Nc3ccc(C#N)cc3)n2)ccc2c(CC#N)coc12. The third-order valence-corrected chi connectivity index (χ3v) is 4.41. The van der Waals surface area contributed by atoms with E-state index >= 15 is 0 Å². The Balaban J connectivity index is 1.57. The van der Waals surface area contributed by atoms with Crippen LogP contribution in [0.2, 0.25) is 0 Å². The van der Waals surface area contributed by atoms with Crippen molar-refractivity contribution >= 4 is 22.6 Å². The summed E-state index contributed by atoms with van der Waals surface area (Å²) in [5, 5.41) is 21.8. The minimum Gasteiger partial charge on any atom is -0.464 e. The topological polar surface area (TPSA) is 108 Å². The van der Waals surface area contributed by atoms with Crippen LogP contribution in [0.1, 0.15) is 16.7 Å². The zero-order chi connectivity index (χ0) is 20.2. The molecule has 0 saturated heterocycles. The summed E-state index contributed by atoms with van der Waals surface area (Å²) >= 11 is 0. The maximum atomic E-state index is 8.92. The van der Waals surface area contributed by atoms with Gasteiger partial charge in [0.1, 0.15) is 11.3 Å². The summed E-state index contributed by atoms with van der Waals surface area (Å²) in [6.07, 6.45) is 3.50. The standard InChI is InChI=1S/C22H15N5O2/c1-14-19(7-6-18-16(8-10-23)13-28-21(14)18)29-20-9-11-25-22(27-20)26-17-4-2-15(12-24)3-5-17/h2-7,9,11,13H,8H2,1H3,(H,25,26,27). The molecule has 0 aliphatic rings. The predicted octanol–water partition coefficient (Wildman–Crippen LogP) is 5.00. The van der Waals surface area contributed by atoms with E-state index in [9.17, 15) is 0 Å². The number of hydrogen-bond donors (Lipinski definition) is 1. The Morgan fingerprint density at radius 1 is 1.10 bits per heavy atom. The number of aryl methyl sites for hydroxylation is 1. The van der Waals surface area contributed by atoms with Gasteiger partial charge < -0.3 is 14.5 Å². The van der Waals surface area contributed by atoms with Crippen LogP contribution in [-0.4, -0.2) is 9.97 Å². The monoisotopic (exact) mass is 381 g/mol. The minimum atomic E-state index is 0.295. The Bertz CT molecular complexity index is 1260. The normalized spacial score (nSPS) is 10.3. The minimum absolute atomic E-state index is 0.295. The first-order chi connectivity index (χ1) is 14.2. The number of anilines is 2. The van der Waals surface area contributed by atoms with E-state index in [0.29, 0.717) is 35.1 Å². The van der Waals surface area contributed by atoms with Crippen molar-refractivity contribution in [3.8, 4) is 23.8 Å². The molecule has 0 aliphatic carbocycles. The molecule has 4 aromatic rings. The van der Waals surface area contributed by atoms with Crippen molar-refractivity contribution in [1.29, 1.82) is 10.5 Å². The van der Waals surface area contributed by atoms with Gasteiger partial charge in [0, 0.05) is 34.5 Å². The summed E-state index contributed by atoms with van der Waals surface area (Å²) in [6, 6.07) is 16.6. The van der Waals surface area contributed by atoms with E-state index in [2.05, 4.69) is 27.4 Å². The molecule has 0 bridgehead atoms. The number of hydrogen-bond acceptors (Lipinski definition) is 7. The molecule has 0 saturated carbocycles. The van der Waals surface area contributed by atoms with Crippen molar-refractivity contribution in [3.05, 3.63) is 71.6 Å². The van der Waals surface area contributed by atoms with Crippen LogP contribution in [0.3, 0.4) is 0 Å². The smallest absolute Gasteiger partial charge is 0.230 e. The average Bonchev–Trinajstić information content (AvgIpc) is 3.15. The number of ether oxygens (including phenoxy) is 1. The van der Waals surface area contributed by atoms with Crippen molar-refractivity contribution in [1.82, 2.24) is 9.97 Å². The van der Waals surface area contributed by atoms with Gasteiger partial charge in [-0.1, -0.05) is 0 Å². The fourth-order valence-corrected chi connectivity index (χ4v) is 2.93. The van der Waals surface area contributed by atoms with Gasteiger partial charge in [-0.3, -0.25) is 0 Å². The molecule has 1 N–H and O–H groups in total. The van der Waals surface area contributed by atoms with Crippen molar-refractivity contribution in [2.75, 3.05) is 5.32 Å². The molecule has 0 radical (unpaired) electrons. The van der Waals surface area contributed by atoms with Gasteiger partial charge in [-0.15, -0.1) is 0 Å². The zero-order valence-electron chi connectivity index (χ0n) is 15.5. The fourth-order valence-electron chi connectivity index (χ4n) is 2.93. The number of rotatable bonds is 5. The molecule has 0 aliphatic heterocycles. The third-order valence-electron chi connectivity index (χ3n) is 4.41. The Hall–Kier alpha value is -4.36. The lowest BCUT2D eigenvalue weighted by Crippen LogP contribution is -1.98. The Labute approximate surface area is 166 Å². The molecule has 0 amide bonds. The van der Waals surface area contributed by atoms with Gasteiger partial charge in [-0.25, -0.2) is 4.98 Å². The second-order valence-corrected chi connectivity index (χ2v) is 6.30. The highest BCUT2D eigenvalue weighted by Crippen LogP contribution is 2.33. The van der Waals surface area contributed by atoms with Crippen LogP contribution in [-0.2, 0) is 6.42 Å². The molecule has 0 spiro atoms. The molecular formula is C22H15N5O2. The molecule has 0 atom stereocenters. The molecule has 2 heterocycles. The van der Waals surface area contributed by atoms with E-state index in [1.54, 1.807) is 42.8 Å². The van der Waals surface area contributed by atoms with Crippen molar-refractivity contribution in [2.45, 2.75) is 13.3 Å². The highest BCUT2D eigenvalue weighted by Gasteiger charge is 2.13. The molecule has 29 heavy (non-hydrogen) atoms. The Morgan fingerprint density at radius 2 is 1.93 bits per heavy atom. The molecule has 0 fully saturated rings. The summed E-state index contributed by atoms with van der Waals surface area (Å²) in [5.74, 6) is 1.36. The first-order valence-electron chi connectivity index (χ1n) is 8.82. The number of furan rings is 1. The van der Waals surface area contributed by atoms with Gasteiger partial charge in [0.05, 0.1) is 30.4 Å². The number of aromatic nitrogens is 2. The lowest BCUT2D eigenvalue weighted by atomic mass is 10.1. The summed E-state index contributed by atoms with van der Waals surface area (Å²) in [5.41, 5.74) is 3.72. The lowest BCUT2D eigenvalue weighted by Gasteiger charge is -2.10. The van der Waals surface area contributed by atoms with Gasteiger partial charge >= 0.3 is 0 Å². The lowest BCUT2D eigenvalue weighted by molar-refractivity contribution is 0.458. The van der Waals surface area contributed by atoms with Crippen molar-refractivity contribution in [3.63, 3.8) is 0 Å². The molecule has 140 valence electrons. The highest BCUT2D eigenvalue weighted by atomic mass is 16.5. The predicted molar refractivity (Wildman–Crippen MR) is 107 cm³/mol. The summed E-state index contributed by atoms with van der Waals surface area (Å²) in [7, 11) is 0. The van der Waals surface area contributed by atoms with E-state index in [1.165, 1.54) is 0 Å². The first kappa shape index (κ1) is 18.0. The van der Waals surface area contributed by atoms with Crippen LogP contribution < -0.4 is 10.1 Å². The van der Waals surface area contributed by atoms with E-state index in [1.807, 2.05) is 19.1 Å². The van der Waals surface area contributed by atoms with Crippen LogP contribution in [0.5, 0.6) is 11.6 Å². The van der Waals surface area contributed by atoms with Gasteiger partial charge in [0.2, 0.25) is 11.8 Å². The number of nitrogens with one attached hydrogen (secondary N) is 1. The zero-order valence-corrected chi connectivity index (χ0v) is 15.5. The van der Waals surface area contributed by atoms with Gasteiger partial charge in [0.25, 0.3) is 0 Å². The average molecular weight is 381 g/mol. The van der Waals surface area contributed by atoms with Crippen molar-refractivity contribution in [2.24, 2.45) is 0 Å². The second-order valence-electron chi connectivity index (χ2n) is 6.30. The first-order valence-corrected chi connectivity index (χ1v) is 8.82. The van der Waals surface area contributed by atoms with Gasteiger partial charge in [-0.05, 0) is 43.3 Å². The second kappa shape index (κ2) is 7.71. The van der Waals surface area contributed by atoms with Crippen LogP contribution in [0.15, 0.2) is 59.3 Å². The number of fused-ring (bicyclic) bond motifs is 1. The van der Waals surface area contributed by atoms with Crippen LogP contribution >= 0.6 is 0 Å². The Morgan fingerprint density at radius 3 is 2.69 bits per heavy atom. The van der Waals surface area contributed by atoms with Crippen molar-refractivity contribution < 1.29 is 9.15 Å². The number of benzene rings is 2. The van der Waals surface area contributed by atoms with Crippen LogP contribution in [0.25, 0.3) is 11.0 Å². The maximum Gasteiger partial charge on any atom is 0.230 e. The molecule has 2 aromatic heterocycles. The van der Waals surface area contributed by atoms with Crippen LogP contribution in [0, 0.1) is 29.6 Å². The molecule has 7 nitrogen and oxygen atoms in total. The van der Waals surface area contributed by atoms with Crippen LogP contribution in [0.4, 0.5) is 11.6 Å². The largest absolute Gasteiger partial charge is 0.464 e. The van der Waals surface area contributed by atoms with Gasteiger partial charge in [0.15, 0.2) is 0 Å². The third kappa shape index (κ3) is 3.71. The van der Waals surface area contributed by atoms with Gasteiger partial charge in [-0.2, -0.15) is 15.5 Å². The quantitative estimate of drug-likeness (QED) is 0.518. The molecule has 7 heteroatoms. The summed E-state index contributed by atoms with van der Waals surface area (Å²) in [4.78, 5) is 8.58. The molecular weight excluding hydrogens is 366 g/mol. The van der Waals surface area contributed by atoms with E-state index in [-0.39, 0.29) is 0 Å². The van der Waals surface area contributed by atoms with E-state index < -0.39 is 0 Å². The van der Waals surface area contributed by atoms with E-state index in [0.717, 1.165) is 22.2 Å². The molecule has 2 aromatic carbocycles. The highest BCUT2D eigenvalue weighted by molar-refractivity contribution is 5.86. The molecule has 0 unspecified atom stereocenters. The van der Waals surface area contributed by atoms with E-state index in [4.69, 9.17) is 19.7 Å². The Kier molecular flexibility index (Phi) is 4.79. The fraction of sp³-hybridized carbons (Fsp3) is 0.0909. The molecule has 4 rings (SSSR count).